The number of fused-ring (bicyclic) bond motifs is 1. The average Bonchev–Trinajstić information content (AvgIpc) is 2.55. The van der Waals surface area contributed by atoms with Crippen LogP contribution in [0.5, 0.6) is 0 Å². The molecule has 0 bridgehead atoms. The predicted molar refractivity (Wildman–Crippen MR) is 89.7 cm³/mol. The lowest BCUT2D eigenvalue weighted by molar-refractivity contribution is -0.116. The first kappa shape index (κ1) is 15.2. The van der Waals surface area contributed by atoms with E-state index in [0.29, 0.717) is 18.4 Å². The van der Waals surface area contributed by atoms with E-state index in [-0.39, 0.29) is 11.8 Å². The normalized spacial score (nSPS) is 13.2. The van der Waals surface area contributed by atoms with Gasteiger partial charge in [-0.25, -0.2) is 0 Å². The smallest absolute Gasteiger partial charge is 0.256 e. The van der Waals surface area contributed by atoms with Crippen LogP contribution >= 0.6 is 0 Å². The van der Waals surface area contributed by atoms with E-state index in [1.165, 1.54) is 0 Å². The zero-order valence-electron chi connectivity index (χ0n) is 13.3. The van der Waals surface area contributed by atoms with Crippen LogP contribution in [0.25, 0.3) is 0 Å². The molecule has 0 fully saturated rings. The average molecular weight is 309 g/mol. The third kappa shape index (κ3) is 3.23. The fourth-order valence-corrected chi connectivity index (χ4v) is 2.74. The Balaban J connectivity index is 1.83. The summed E-state index contributed by atoms with van der Waals surface area (Å²) < 4.78 is 0. The van der Waals surface area contributed by atoms with E-state index in [2.05, 4.69) is 15.6 Å². The maximum Gasteiger partial charge on any atom is 0.256 e. The summed E-state index contributed by atoms with van der Waals surface area (Å²) in [5.41, 5.74) is 5.02. The molecule has 5 nitrogen and oxygen atoms in total. The Labute approximate surface area is 135 Å². The molecule has 1 aliphatic rings. The molecule has 1 aromatic heterocycles. The number of rotatable bonds is 3. The van der Waals surface area contributed by atoms with Crippen molar-refractivity contribution in [2.45, 2.75) is 33.1 Å². The maximum absolute atomic E-state index is 12.6. The first-order chi connectivity index (χ1) is 11.1. The molecular formula is C18H19N3O2. The largest absolute Gasteiger partial charge is 0.326 e. The number of nitrogens with zero attached hydrogens (tertiary/aromatic N) is 1. The van der Waals surface area contributed by atoms with Crippen molar-refractivity contribution in [3.63, 3.8) is 0 Å². The second kappa shape index (κ2) is 6.20. The molecule has 2 N–H and O–H groups in total. The van der Waals surface area contributed by atoms with Crippen molar-refractivity contribution in [1.82, 2.24) is 4.98 Å². The molecule has 0 aliphatic carbocycles. The Bertz CT molecular complexity index is 784. The molecule has 1 aliphatic heterocycles. The van der Waals surface area contributed by atoms with Gasteiger partial charge in [-0.05, 0) is 55.2 Å². The van der Waals surface area contributed by atoms with Crippen LogP contribution in [0.1, 0.15) is 40.5 Å². The Kier molecular flexibility index (Phi) is 4.10. The molecular weight excluding hydrogens is 290 g/mol. The minimum atomic E-state index is -0.132. The predicted octanol–water partition coefficient (Wildman–Crippen LogP) is 3.09. The Morgan fingerprint density at radius 1 is 1.30 bits per heavy atom. The lowest BCUT2D eigenvalue weighted by atomic mass is 10.0. The SMILES string of the molecule is CCc1cnc(C)cc1C(=O)Nc1ccc2c(c1)CCC(=O)N2. The highest BCUT2D eigenvalue weighted by atomic mass is 16.2. The van der Waals surface area contributed by atoms with Crippen LogP contribution in [0.15, 0.2) is 30.5 Å². The number of nitrogens with one attached hydrogen (secondary N) is 2. The van der Waals surface area contributed by atoms with Crippen molar-refractivity contribution in [3.8, 4) is 0 Å². The van der Waals surface area contributed by atoms with Crippen molar-refractivity contribution in [3.05, 3.63) is 52.8 Å². The molecule has 2 aromatic rings. The molecule has 0 atom stereocenters. The van der Waals surface area contributed by atoms with Crippen molar-refractivity contribution in [1.29, 1.82) is 0 Å². The first-order valence-corrected chi connectivity index (χ1v) is 7.76. The van der Waals surface area contributed by atoms with Crippen molar-refractivity contribution < 1.29 is 9.59 Å². The third-order valence-electron chi connectivity index (χ3n) is 4.01. The summed E-state index contributed by atoms with van der Waals surface area (Å²) in [7, 11) is 0. The van der Waals surface area contributed by atoms with Crippen LogP contribution in [-0.2, 0) is 17.6 Å². The number of benzene rings is 1. The van der Waals surface area contributed by atoms with Crippen molar-refractivity contribution in [2.24, 2.45) is 0 Å². The van der Waals surface area contributed by atoms with Crippen LogP contribution in [0, 0.1) is 6.92 Å². The highest BCUT2D eigenvalue weighted by Gasteiger charge is 2.16. The van der Waals surface area contributed by atoms with Gasteiger partial charge in [-0.2, -0.15) is 0 Å². The van der Waals surface area contributed by atoms with Gasteiger partial charge in [0.15, 0.2) is 0 Å². The lowest BCUT2D eigenvalue weighted by Crippen LogP contribution is -2.19. The van der Waals surface area contributed by atoms with Gasteiger partial charge in [0.05, 0.1) is 0 Å². The van der Waals surface area contributed by atoms with Crippen LogP contribution < -0.4 is 10.6 Å². The molecule has 23 heavy (non-hydrogen) atoms. The Morgan fingerprint density at radius 2 is 2.13 bits per heavy atom. The van der Waals surface area contributed by atoms with Gasteiger partial charge in [-0.3, -0.25) is 14.6 Å². The number of amides is 2. The van der Waals surface area contributed by atoms with Gasteiger partial charge in [-0.1, -0.05) is 6.92 Å². The standard InChI is InChI=1S/C18H19N3O2/c1-3-12-10-19-11(2)8-15(12)18(23)20-14-5-6-16-13(9-14)4-7-17(22)21-16/h5-6,8-10H,3-4,7H2,1-2H3,(H,20,23)(H,21,22). The summed E-state index contributed by atoms with van der Waals surface area (Å²) in [6.07, 6.45) is 3.69. The van der Waals surface area contributed by atoms with Gasteiger partial charge in [-0.15, -0.1) is 0 Å². The van der Waals surface area contributed by atoms with Crippen molar-refractivity contribution >= 4 is 23.2 Å². The summed E-state index contributed by atoms with van der Waals surface area (Å²) in [5, 5.41) is 5.78. The van der Waals surface area contributed by atoms with Crippen LogP contribution in [0.3, 0.4) is 0 Å². The zero-order valence-corrected chi connectivity index (χ0v) is 13.3. The van der Waals surface area contributed by atoms with E-state index in [0.717, 1.165) is 34.6 Å². The molecule has 0 saturated carbocycles. The van der Waals surface area contributed by atoms with Crippen LogP contribution in [0.2, 0.25) is 0 Å². The second-order valence-electron chi connectivity index (χ2n) is 5.71. The summed E-state index contributed by atoms with van der Waals surface area (Å²) in [6.45, 7) is 3.88. The number of anilines is 2. The molecule has 0 saturated heterocycles. The first-order valence-electron chi connectivity index (χ1n) is 7.76. The van der Waals surface area contributed by atoms with Crippen LogP contribution in [0.4, 0.5) is 11.4 Å². The van der Waals surface area contributed by atoms with E-state index < -0.39 is 0 Å². The summed E-state index contributed by atoms with van der Waals surface area (Å²) in [6, 6.07) is 7.38. The van der Waals surface area contributed by atoms with E-state index in [9.17, 15) is 9.59 Å². The number of hydrogen-bond acceptors (Lipinski definition) is 3. The van der Waals surface area contributed by atoms with Gasteiger partial charge in [0.2, 0.25) is 5.91 Å². The maximum atomic E-state index is 12.6. The summed E-state index contributed by atoms with van der Waals surface area (Å²) >= 11 is 0. The van der Waals surface area contributed by atoms with Gasteiger partial charge < -0.3 is 10.6 Å². The molecule has 3 rings (SSSR count). The highest BCUT2D eigenvalue weighted by molar-refractivity contribution is 6.05. The molecule has 118 valence electrons. The Morgan fingerprint density at radius 3 is 2.91 bits per heavy atom. The molecule has 2 heterocycles. The van der Waals surface area contributed by atoms with Crippen molar-refractivity contribution in [2.75, 3.05) is 10.6 Å². The minimum absolute atomic E-state index is 0.0362. The van der Waals surface area contributed by atoms with Gasteiger partial charge in [0.1, 0.15) is 0 Å². The second-order valence-corrected chi connectivity index (χ2v) is 5.71. The molecule has 5 heteroatoms. The third-order valence-corrected chi connectivity index (χ3v) is 4.01. The van der Waals surface area contributed by atoms with Crippen LogP contribution in [-0.4, -0.2) is 16.8 Å². The molecule has 0 unspecified atom stereocenters. The van der Waals surface area contributed by atoms with Gasteiger partial charge in [0.25, 0.3) is 5.91 Å². The topological polar surface area (TPSA) is 71.1 Å². The number of carbonyl (C=O) groups excluding carboxylic acids is 2. The van der Waals surface area contributed by atoms with E-state index >= 15 is 0 Å². The number of pyridine rings is 1. The van der Waals surface area contributed by atoms with Gasteiger partial charge in [0, 0.05) is 35.2 Å². The molecule has 0 spiro atoms. The van der Waals surface area contributed by atoms with E-state index in [1.54, 1.807) is 6.20 Å². The lowest BCUT2D eigenvalue weighted by Gasteiger charge is -2.18. The quantitative estimate of drug-likeness (QED) is 0.915. The highest BCUT2D eigenvalue weighted by Crippen LogP contribution is 2.26. The molecule has 1 aromatic carbocycles. The number of hydrogen-bond donors (Lipinski definition) is 2. The number of carbonyl (C=O) groups is 2. The monoisotopic (exact) mass is 309 g/mol. The number of aromatic nitrogens is 1. The zero-order chi connectivity index (χ0) is 16.4. The molecule has 0 radical (unpaired) electrons. The Hall–Kier alpha value is -2.69. The fourth-order valence-electron chi connectivity index (χ4n) is 2.74. The summed E-state index contributed by atoms with van der Waals surface area (Å²) in [4.78, 5) is 28.2. The number of aryl methyl sites for hydroxylation is 3. The van der Waals surface area contributed by atoms with Gasteiger partial charge >= 0.3 is 0 Å². The minimum Gasteiger partial charge on any atom is -0.326 e. The summed E-state index contributed by atoms with van der Waals surface area (Å²) in [5.74, 6) is -0.0960. The molecule has 2 amide bonds. The fraction of sp³-hybridized carbons (Fsp3) is 0.278. The van der Waals surface area contributed by atoms with E-state index in [4.69, 9.17) is 0 Å². The van der Waals surface area contributed by atoms with E-state index in [1.807, 2.05) is 38.1 Å².